The molecule has 3 nitrogen and oxygen atoms in total. The molecule has 0 aromatic carbocycles. The monoisotopic (exact) mass is 226 g/mol. The van der Waals surface area contributed by atoms with Crippen molar-refractivity contribution < 1.29 is 5.11 Å². The number of aromatic nitrogens is 1. The van der Waals surface area contributed by atoms with Crippen molar-refractivity contribution in [2.24, 2.45) is 5.92 Å². The van der Waals surface area contributed by atoms with E-state index in [2.05, 4.69) is 16.8 Å². The molecule has 1 aromatic heterocycles. The topological polar surface area (TPSA) is 36.4 Å². The van der Waals surface area contributed by atoms with E-state index >= 15 is 0 Å². The third-order valence-electron chi connectivity index (χ3n) is 3.11. The fourth-order valence-electron chi connectivity index (χ4n) is 2.18. The number of nitrogens with zero attached hydrogens (tertiary/aromatic N) is 2. The van der Waals surface area contributed by atoms with Gasteiger partial charge in [-0.25, -0.2) is 4.98 Å². The SMILES string of the molecule is CC1CCN(c2ccnc(Cl)c2)C1CO. The highest BCUT2D eigenvalue weighted by atomic mass is 35.5. The Morgan fingerprint density at radius 1 is 1.67 bits per heavy atom. The molecule has 2 rings (SSSR count). The highest BCUT2D eigenvalue weighted by Gasteiger charge is 2.30. The van der Waals surface area contributed by atoms with Crippen LogP contribution in [0.25, 0.3) is 0 Å². The summed E-state index contributed by atoms with van der Waals surface area (Å²) in [5.74, 6) is 0.530. The molecule has 1 aliphatic rings. The molecular weight excluding hydrogens is 212 g/mol. The van der Waals surface area contributed by atoms with Gasteiger partial charge in [0.2, 0.25) is 0 Å². The number of anilines is 1. The van der Waals surface area contributed by atoms with Crippen molar-refractivity contribution in [1.82, 2.24) is 4.98 Å². The van der Waals surface area contributed by atoms with Crippen LogP contribution in [0.5, 0.6) is 0 Å². The molecule has 0 aliphatic carbocycles. The average molecular weight is 227 g/mol. The van der Waals surface area contributed by atoms with Gasteiger partial charge in [-0.2, -0.15) is 0 Å². The van der Waals surface area contributed by atoms with E-state index in [0.717, 1.165) is 18.7 Å². The largest absolute Gasteiger partial charge is 0.394 e. The Morgan fingerprint density at radius 3 is 3.13 bits per heavy atom. The maximum atomic E-state index is 9.35. The first-order valence-electron chi connectivity index (χ1n) is 5.21. The van der Waals surface area contributed by atoms with E-state index in [-0.39, 0.29) is 12.6 Å². The summed E-state index contributed by atoms with van der Waals surface area (Å²) in [5, 5.41) is 9.85. The lowest BCUT2D eigenvalue weighted by molar-refractivity contribution is 0.245. The predicted molar refractivity (Wildman–Crippen MR) is 61.2 cm³/mol. The third-order valence-corrected chi connectivity index (χ3v) is 3.32. The summed E-state index contributed by atoms with van der Waals surface area (Å²) in [4.78, 5) is 6.16. The molecule has 82 valence electrons. The lowest BCUT2D eigenvalue weighted by Gasteiger charge is -2.27. The van der Waals surface area contributed by atoms with Crippen LogP contribution < -0.4 is 4.90 Å². The first-order valence-corrected chi connectivity index (χ1v) is 5.59. The van der Waals surface area contributed by atoms with Crippen LogP contribution in [0.3, 0.4) is 0 Å². The van der Waals surface area contributed by atoms with E-state index in [0.29, 0.717) is 11.1 Å². The van der Waals surface area contributed by atoms with E-state index in [1.165, 1.54) is 0 Å². The predicted octanol–water partition coefficient (Wildman–Crippen LogP) is 1.94. The van der Waals surface area contributed by atoms with Gasteiger partial charge in [0.1, 0.15) is 5.15 Å². The molecule has 4 heteroatoms. The summed E-state index contributed by atoms with van der Waals surface area (Å²) in [6.07, 6.45) is 2.82. The second-order valence-electron chi connectivity index (χ2n) is 4.05. The lowest BCUT2D eigenvalue weighted by Crippen LogP contribution is -2.35. The van der Waals surface area contributed by atoms with E-state index in [1.807, 2.05) is 12.1 Å². The Kier molecular flexibility index (Phi) is 3.12. The van der Waals surface area contributed by atoms with Crippen LogP contribution in [-0.4, -0.2) is 29.3 Å². The van der Waals surface area contributed by atoms with Gasteiger partial charge in [-0.15, -0.1) is 0 Å². The fourth-order valence-corrected chi connectivity index (χ4v) is 2.35. The van der Waals surface area contributed by atoms with Crippen molar-refractivity contribution in [2.75, 3.05) is 18.1 Å². The number of aliphatic hydroxyl groups is 1. The van der Waals surface area contributed by atoms with Crippen molar-refractivity contribution in [2.45, 2.75) is 19.4 Å². The zero-order valence-corrected chi connectivity index (χ0v) is 9.48. The fraction of sp³-hybridized carbons (Fsp3) is 0.545. The summed E-state index contributed by atoms with van der Waals surface area (Å²) in [6.45, 7) is 3.34. The number of pyridine rings is 1. The second kappa shape index (κ2) is 4.37. The van der Waals surface area contributed by atoms with Crippen molar-refractivity contribution in [3.05, 3.63) is 23.5 Å². The molecule has 0 saturated carbocycles. The smallest absolute Gasteiger partial charge is 0.131 e. The highest BCUT2D eigenvalue weighted by Crippen LogP contribution is 2.29. The Bertz CT molecular complexity index is 345. The van der Waals surface area contributed by atoms with Gasteiger partial charge in [0.15, 0.2) is 0 Å². The molecule has 2 atom stereocenters. The van der Waals surface area contributed by atoms with Gasteiger partial charge in [-0.05, 0) is 24.5 Å². The summed E-state index contributed by atoms with van der Waals surface area (Å²) in [5.41, 5.74) is 1.05. The molecular formula is C11H15ClN2O. The normalized spacial score (nSPS) is 25.9. The maximum Gasteiger partial charge on any atom is 0.131 e. The summed E-state index contributed by atoms with van der Waals surface area (Å²) in [6, 6.07) is 4.00. The molecule has 1 N–H and O–H groups in total. The molecule has 15 heavy (non-hydrogen) atoms. The van der Waals surface area contributed by atoms with E-state index in [9.17, 15) is 5.11 Å². The van der Waals surface area contributed by atoms with Crippen molar-refractivity contribution in [1.29, 1.82) is 0 Å². The number of aliphatic hydroxyl groups excluding tert-OH is 1. The van der Waals surface area contributed by atoms with Crippen LogP contribution >= 0.6 is 11.6 Å². The number of hydrogen-bond donors (Lipinski definition) is 1. The minimum atomic E-state index is 0.196. The Morgan fingerprint density at radius 2 is 2.47 bits per heavy atom. The molecule has 1 aliphatic heterocycles. The van der Waals surface area contributed by atoms with Crippen LogP contribution in [0.2, 0.25) is 5.15 Å². The third kappa shape index (κ3) is 2.08. The van der Waals surface area contributed by atoms with Crippen molar-refractivity contribution in [3.8, 4) is 0 Å². The van der Waals surface area contributed by atoms with Gasteiger partial charge in [-0.3, -0.25) is 0 Å². The minimum absolute atomic E-state index is 0.196. The first kappa shape index (κ1) is 10.7. The Balaban J connectivity index is 2.23. The zero-order chi connectivity index (χ0) is 10.8. The summed E-state index contributed by atoms with van der Waals surface area (Å²) >= 11 is 5.85. The molecule has 2 unspecified atom stereocenters. The molecule has 1 saturated heterocycles. The zero-order valence-electron chi connectivity index (χ0n) is 8.73. The van der Waals surface area contributed by atoms with Gasteiger partial charge in [0, 0.05) is 18.4 Å². The van der Waals surface area contributed by atoms with Gasteiger partial charge >= 0.3 is 0 Å². The van der Waals surface area contributed by atoms with Crippen molar-refractivity contribution in [3.63, 3.8) is 0 Å². The van der Waals surface area contributed by atoms with E-state index < -0.39 is 0 Å². The molecule has 0 amide bonds. The van der Waals surface area contributed by atoms with Crippen molar-refractivity contribution >= 4 is 17.3 Å². The molecule has 0 radical (unpaired) electrons. The molecule has 2 heterocycles. The Labute approximate surface area is 94.7 Å². The van der Waals surface area contributed by atoms with Crippen LogP contribution in [0.4, 0.5) is 5.69 Å². The van der Waals surface area contributed by atoms with E-state index in [4.69, 9.17) is 11.6 Å². The molecule has 0 spiro atoms. The maximum absolute atomic E-state index is 9.35. The second-order valence-corrected chi connectivity index (χ2v) is 4.43. The van der Waals surface area contributed by atoms with Crippen LogP contribution in [0, 0.1) is 5.92 Å². The first-order chi connectivity index (χ1) is 7.22. The number of rotatable bonds is 2. The highest BCUT2D eigenvalue weighted by molar-refractivity contribution is 6.29. The van der Waals surface area contributed by atoms with Crippen LogP contribution in [0.1, 0.15) is 13.3 Å². The molecule has 0 bridgehead atoms. The van der Waals surface area contributed by atoms with Crippen LogP contribution in [-0.2, 0) is 0 Å². The quantitative estimate of drug-likeness (QED) is 0.784. The summed E-state index contributed by atoms with van der Waals surface area (Å²) in [7, 11) is 0. The minimum Gasteiger partial charge on any atom is -0.394 e. The van der Waals surface area contributed by atoms with Gasteiger partial charge in [0.05, 0.1) is 12.6 Å². The van der Waals surface area contributed by atoms with Gasteiger partial charge in [-0.1, -0.05) is 18.5 Å². The van der Waals surface area contributed by atoms with E-state index in [1.54, 1.807) is 6.20 Å². The molecule has 1 aromatic rings. The lowest BCUT2D eigenvalue weighted by atomic mass is 10.0. The number of halogens is 1. The number of hydrogen-bond acceptors (Lipinski definition) is 3. The molecule has 1 fully saturated rings. The average Bonchev–Trinajstić information content (AvgIpc) is 2.59. The van der Waals surface area contributed by atoms with Crippen LogP contribution in [0.15, 0.2) is 18.3 Å². The van der Waals surface area contributed by atoms with Gasteiger partial charge < -0.3 is 10.0 Å². The standard InChI is InChI=1S/C11H15ClN2O/c1-8-3-5-14(10(8)7-15)9-2-4-13-11(12)6-9/h2,4,6,8,10,15H,3,5,7H2,1H3. The Hall–Kier alpha value is -0.800. The summed E-state index contributed by atoms with van der Waals surface area (Å²) < 4.78 is 0. The van der Waals surface area contributed by atoms with Gasteiger partial charge in [0.25, 0.3) is 0 Å².